The normalized spacial score (nSPS) is 10.2. The van der Waals surface area contributed by atoms with Crippen LogP contribution in [0.3, 0.4) is 0 Å². The fourth-order valence-electron chi connectivity index (χ4n) is 2.21. The predicted molar refractivity (Wildman–Crippen MR) is 82.0 cm³/mol. The minimum atomic E-state index is 0.802. The van der Waals surface area contributed by atoms with Gasteiger partial charge in [-0.15, -0.1) is 0 Å². The van der Waals surface area contributed by atoms with Crippen molar-refractivity contribution in [2.75, 3.05) is 0 Å². The molecule has 2 nitrogen and oxygen atoms in total. The number of nitrogens with zero attached hydrogens (tertiary/aromatic N) is 2. The minimum absolute atomic E-state index is 0.802. The minimum Gasteiger partial charge on any atom is -0.261 e. The molecule has 96 valence electrons. The second-order valence-electron chi connectivity index (χ2n) is 4.48. The summed E-state index contributed by atoms with van der Waals surface area (Å²) in [5.74, 6) is 0. The van der Waals surface area contributed by atoms with E-state index in [0.717, 1.165) is 22.4 Å². The van der Waals surface area contributed by atoms with Crippen LogP contribution in [0.25, 0.3) is 16.7 Å². The Morgan fingerprint density at radius 2 is 1.60 bits per heavy atom. The van der Waals surface area contributed by atoms with Crippen molar-refractivity contribution in [1.82, 2.24) is 9.97 Å². The van der Waals surface area contributed by atoms with Gasteiger partial charge in [-0.2, -0.15) is 0 Å². The lowest BCUT2D eigenvalue weighted by molar-refractivity contribution is 1.17. The first-order valence-electron chi connectivity index (χ1n) is 6.46. The SMILES string of the molecule is C=C(c1cnccn1)c1ccccc1-c1ccccc1. The van der Waals surface area contributed by atoms with Crippen molar-refractivity contribution in [1.29, 1.82) is 0 Å². The molecule has 0 unspecified atom stereocenters. The van der Waals surface area contributed by atoms with Crippen LogP contribution in [0.4, 0.5) is 0 Å². The molecular formula is C18H14N2. The van der Waals surface area contributed by atoms with Crippen LogP contribution < -0.4 is 0 Å². The molecule has 2 aromatic carbocycles. The molecule has 0 aliphatic rings. The third-order valence-electron chi connectivity index (χ3n) is 3.21. The van der Waals surface area contributed by atoms with Gasteiger partial charge in [0, 0.05) is 18.0 Å². The van der Waals surface area contributed by atoms with Crippen molar-refractivity contribution < 1.29 is 0 Å². The quantitative estimate of drug-likeness (QED) is 0.703. The number of aromatic nitrogens is 2. The Bertz CT molecular complexity index is 719. The molecule has 0 radical (unpaired) electrons. The zero-order chi connectivity index (χ0) is 13.8. The molecule has 0 bridgehead atoms. The van der Waals surface area contributed by atoms with Gasteiger partial charge in [-0.3, -0.25) is 9.97 Å². The van der Waals surface area contributed by atoms with Crippen molar-refractivity contribution in [3.63, 3.8) is 0 Å². The number of hydrogen-bond acceptors (Lipinski definition) is 2. The molecule has 0 aliphatic heterocycles. The molecule has 20 heavy (non-hydrogen) atoms. The molecule has 0 saturated heterocycles. The Labute approximate surface area is 118 Å². The first-order chi connectivity index (χ1) is 9.86. The van der Waals surface area contributed by atoms with Crippen LogP contribution in [0.15, 0.2) is 79.8 Å². The largest absolute Gasteiger partial charge is 0.261 e. The first-order valence-corrected chi connectivity index (χ1v) is 6.46. The average molecular weight is 258 g/mol. The molecule has 0 N–H and O–H groups in total. The summed E-state index contributed by atoms with van der Waals surface area (Å²) in [6.07, 6.45) is 5.09. The highest BCUT2D eigenvalue weighted by Crippen LogP contribution is 2.30. The molecule has 3 aromatic rings. The number of rotatable bonds is 3. The smallest absolute Gasteiger partial charge is 0.0885 e. The second-order valence-corrected chi connectivity index (χ2v) is 4.48. The number of hydrogen-bond donors (Lipinski definition) is 0. The van der Waals surface area contributed by atoms with Crippen LogP contribution in [-0.4, -0.2) is 9.97 Å². The first kappa shape index (κ1) is 12.3. The Morgan fingerprint density at radius 3 is 2.35 bits per heavy atom. The van der Waals surface area contributed by atoms with E-state index in [-0.39, 0.29) is 0 Å². The second kappa shape index (κ2) is 5.49. The lowest BCUT2D eigenvalue weighted by Crippen LogP contribution is -1.93. The summed E-state index contributed by atoms with van der Waals surface area (Å²) >= 11 is 0. The lowest BCUT2D eigenvalue weighted by atomic mass is 9.94. The highest BCUT2D eigenvalue weighted by atomic mass is 14.8. The van der Waals surface area contributed by atoms with E-state index >= 15 is 0 Å². The van der Waals surface area contributed by atoms with Crippen molar-refractivity contribution in [2.24, 2.45) is 0 Å². The fourth-order valence-corrected chi connectivity index (χ4v) is 2.21. The molecule has 0 atom stereocenters. The van der Waals surface area contributed by atoms with Gasteiger partial charge in [0.15, 0.2) is 0 Å². The summed E-state index contributed by atoms with van der Waals surface area (Å²) in [5.41, 5.74) is 5.10. The zero-order valence-electron chi connectivity index (χ0n) is 11.0. The van der Waals surface area contributed by atoms with Gasteiger partial charge >= 0.3 is 0 Å². The van der Waals surface area contributed by atoms with Crippen molar-refractivity contribution in [3.05, 3.63) is 91.0 Å². The summed E-state index contributed by atoms with van der Waals surface area (Å²) in [6.45, 7) is 4.18. The third-order valence-corrected chi connectivity index (χ3v) is 3.21. The van der Waals surface area contributed by atoms with Gasteiger partial charge in [-0.25, -0.2) is 0 Å². The Kier molecular flexibility index (Phi) is 3.38. The van der Waals surface area contributed by atoms with E-state index in [0.29, 0.717) is 0 Å². The average Bonchev–Trinajstić information content (AvgIpc) is 2.56. The van der Waals surface area contributed by atoms with Crippen LogP contribution in [0.1, 0.15) is 11.3 Å². The zero-order valence-corrected chi connectivity index (χ0v) is 11.0. The van der Waals surface area contributed by atoms with E-state index in [2.05, 4.69) is 40.8 Å². The molecule has 3 rings (SSSR count). The Hall–Kier alpha value is -2.74. The van der Waals surface area contributed by atoms with Crippen LogP contribution in [-0.2, 0) is 0 Å². The van der Waals surface area contributed by atoms with Gasteiger partial charge in [-0.05, 0) is 16.7 Å². The van der Waals surface area contributed by atoms with E-state index in [1.165, 1.54) is 5.56 Å². The van der Waals surface area contributed by atoms with Crippen LogP contribution in [0, 0.1) is 0 Å². The van der Waals surface area contributed by atoms with Crippen molar-refractivity contribution >= 4 is 5.57 Å². The third kappa shape index (κ3) is 2.36. The molecule has 1 heterocycles. The van der Waals surface area contributed by atoms with Gasteiger partial charge in [0.05, 0.1) is 11.9 Å². The summed E-state index contributed by atoms with van der Waals surface area (Å²) < 4.78 is 0. The van der Waals surface area contributed by atoms with Crippen LogP contribution in [0.5, 0.6) is 0 Å². The maximum absolute atomic E-state index is 4.33. The molecule has 2 heteroatoms. The molecule has 1 aromatic heterocycles. The molecule has 0 aliphatic carbocycles. The Balaban J connectivity index is 2.10. The fraction of sp³-hybridized carbons (Fsp3) is 0. The van der Waals surface area contributed by atoms with Gasteiger partial charge in [-0.1, -0.05) is 61.2 Å². The van der Waals surface area contributed by atoms with Gasteiger partial charge in [0.1, 0.15) is 0 Å². The molecule has 0 saturated carbocycles. The van der Waals surface area contributed by atoms with Crippen LogP contribution in [0.2, 0.25) is 0 Å². The van der Waals surface area contributed by atoms with Gasteiger partial charge < -0.3 is 0 Å². The van der Waals surface area contributed by atoms with Crippen LogP contribution >= 0.6 is 0 Å². The highest BCUT2D eigenvalue weighted by molar-refractivity contribution is 5.86. The molecule has 0 fully saturated rings. The monoisotopic (exact) mass is 258 g/mol. The van der Waals surface area contributed by atoms with E-state index in [9.17, 15) is 0 Å². The maximum Gasteiger partial charge on any atom is 0.0885 e. The van der Waals surface area contributed by atoms with E-state index in [1.807, 2.05) is 30.3 Å². The van der Waals surface area contributed by atoms with Crippen molar-refractivity contribution in [2.45, 2.75) is 0 Å². The van der Waals surface area contributed by atoms with Gasteiger partial charge in [0.25, 0.3) is 0 Å². The lowest BCUT2D eigenvalue weighted by Gasteiger charge is -2.11. The summed E-state index contributed by atoms with van der Waals surface area (Å²) in [6, 6.07) is 18.5. The maximum atomic E-state index is 4.33. The van der Waals surface area contributed by atoms with E-state index in [1.54, 1.807) is 18.6 Å². The Morgan fingerprint density at radius 1 is 0.850 bits per heavy atom. The molecular weight excluding hydrogens is 244 g/mol. The van der Waals surface area contributed by atoms with E-state index in [4.69, 9.17) is 0 Å². The van der Waals surface area contributed by atoms with Crippen molar-refractivity contribution in [3.8, 4) is 11.1 Å². The summed E-state index contributed by atoms with van der Waals surface area (Å²) in [7, 11) is 0. The predicted octanol–water partition coefficient (Wildman–Crippen LogP) is 4.21. The topological polar surface area (TPSA) is 25.8 Å². The molecule has 0 amide bonds. The van der Waals surface area contributed by atoms with Gasteiger partial charge in [0.2, 0.25) is 0 Å². The summed E-state index contributed by atoms with van der Waals surface area (Å²) in [4.78, 5) is 8.44. The highest BCUT2D eigenvalue weighted by Gasteiger charge is 2.09. The van der Waals surface area contributed by atoms with E-state index < -0.39 is 0 Å². The summed E-state index contributed by atoms with van der Waals surface area (Å²) in [5, 5.41) is 0. The number of benzene rings is 2. The molecule has 0 spiro atoms. The standard InChI is InChI=1S/C18H14N2/c1-14(18-13-19-11-12-20-18)16-9-5-6-10-17(16)15-7-3-2-4-8-15/h2-13H,1H2.